The van der Waals surface area contributed by atoms with Gasteiger partial charge in [-0.15, -0.1) is 0 Å². The Labute approximate surface area is 119 Å². The highest BCUT2D eigenvalue weighted by Gasteiger charge is 2.14. The quantitative estimate of drug-likeness (QED) is 0.871. The summed E-state index contributed by atoms with van der Waals surface area (Å²) >= 11 is 0. The molecule has 2 rings (SSSR count). The van der Waals surface area contributed by atoms with Gasteiger partial charge in [-0.25, -0.2) is 0 Å². The molecule has 0 aliphatic rings. The molecule has 0 fully saturated rings. The highest BCUT2D eigenvalue weighted by molar-refractivity contribution is 5.38. The van der Waals surface area contributed by atoms with Gasteiger partial charge in [-0.1, -0.05) is 48.5 Å². The molecule has 0 bridgehead atoms. The molecule has 3 heteroatoms. The minimum Gasteiger partial charge on any atom is -0.493 e. The summed E-state index contributed by atoms with van der Waals surface area (Å²) in [5.74, 6) is 0.766. The highest BCUT2D eigenvalue weighted by atomic mass is 16.5. The van der Waals surface area contributed by atoms with Crippen LogP contribution in [0.2, 0.25) is 0 Å². The van der Waals surface area contributed by atoms with Crippen molar-refractivity contribution in [3.05, 3.63) is 65.7 Å². The predicted molar refractivity (Wildman–Crippen MR) is 79.2 cm³/mol. The van der Waals surface area contributed by atoms with Crippen LogP contribution in [0, 0.1) is 11.3 Å². The van der Waals surface area contributed by atoms with Crippen LogP contribution in [0.4, 0.5) is 0 Å². The summed E-state index contributed by atoms with van der Waals surface area (Å²) in [7, 11) is 0. The SMILES string of the molecule is CCOc1ccccc1C(C#N)NCc1ccccc1. The Bertz CT molecular complexity index is 575. The lowest BCUT2D eigenvalue weighted by atomic mass is 10.1. The molecule has 2 aromatic carbocycles. The number of benzene rings is 2. The molecule has 0 heterocycles. The third-order valence-corrected chi connectivity index (χ3v) is 3.01. The summed E-state index contributed by atoms with van der Waals surface area (Å²) in [4.78, 5) is 0. The molecule has 1 atom stereocenters. The molecule has 0 saturated carbocycles. The first kappa shape index (κ1) is 14.1. The van der Waals surface area contributed by atoms with Crippen LogP contribution < -0.4 is 10.1 Å². The van der Waals surface area contributed by atoms with E-state index in [1.165, 1.54) is 0 Å². The van der Waals surface area contributed by atoms with E-state index in [1.807, 2.05) is 61.5 Å². The Hall–Kier alpha value is -2.31. The minimum atomic E-state index is -0.377. The van der Waals surface area contributed by atoms with Crippen molar-refractivity contribution in [1.29, 1.82) is 5.26 Å². The van der Waals surface area contributed by atoms with Gasteiger partial charge in [-0.05, 0) is 18.6 Å². The lowest BCUT2D eigenvalue weighted by molar-refractivity contribution is 0.334. The van der Waals surface area contributed by atoms with Crippen molar-refractivity contribution in [3.63, 3.8) is 0 Å². The zero-order valence-electron chi connectivity index (χ0n) is 11.5. The summed E-state index contributed by atoms with van der Waals surface area (Å²) in [5, 5.41) is 12.6. The molecule has 0 aliphatic carbocycles. The zero-order valence-corrected chi connectivity index (χ0v) is 11.5. The average molecular weight is 266 g/mol. The fourth-order valence-electron chi connectivity index (χ4n) is 2.05. The Morgan fingerprint density at radius 1 is 1.10 bits per heavy atom. The molecule has 2 aromatic rings. The van der Waals surface area contributed by atoms with Gasteiger partial charge in [0.1, 0.15) is 11.8 Å². The molecular formula is C17H18N2O. The Morgan fingerprint density at radius 2 is 1.80 bits per heavy atom. The third-order valence-electron chi connectivity index (χ3n) is 3.01. The molecule has 1 unspecified atom stereocenters. The number of hydrogen-bond acceptors (Lipinski definition) is 3. The second-order valence-corrected chi connectivity index (χ2v) is 4.40. The molecule has 0 spiro atoms. The second-order valence-electron chi connectivity index (χ2n) is 4.40. The van der Waals surface area contributed by atoms with E-state index in [0.29, 0.717) is 13.2 Å². The largest absolute Gasteiger partial charge is 0.493 e. The molecule has 20 heavy (non-hydrogen) atoms. The van der Waals surface area contributed by atoms with Gasteiger partial charge in [-0.2, -0.15) is 5.26 Å². The molecule has 102 valence electrons. The molecule has 0 amide bonds. The summed E-state index contributed by atoms with van der Waals surface area (Å²) in [6.07, 6.45) is 0. The molecule has 0 radical (unpaired) electrons. The Balaban J connectivity index is 2.11. The van der Waals surface area contributed by atoms with Gasteiger partial charge in [-0.3, -0.25) is 5.32 Å². The molecule has 0 aromatic heterocycles. The van der Waals surface area contributed by atoms with Crippen LogP contribution in [0.3, 0.4) is 0 Å². The van der Waals surface area contributed by atoms with Crippen LogP contribution in [0.1, 0.15) is 24.1 Å². The highest BCUT2D eigenvalue weighted by Crippen LogP contribution is 2.25. The van der Waals surface area contributed by atoms with Gasteiger partial charge in [0.2, 0.25) is 0 Å². The van der Waals surface area contributed by atoms with Gasteiger partial charge in [0, 0.05) is 12.1 Å². The van der Waals surface area contributed by atoms with Gasteiger partial charge in [0.25, 0.3) is 0 Å². The zero-order chi connectivity index (χ0) is 14.2. The average Bonchev–Trinajstić information content (AvgIpc) is 2.51. The first-order chi connectivity index (χ1) is 9.85. The Kier molecular flexibility index (Phi) is 5.16. The van der Waals surface area contributed by atoms with Crippen LogP contribution in [-0.2, 0) is 6.54 Å². The summed E-state index contributed by atoms with van der Waals surface area (Å²) in [5.41, 5.74) is 2.04. The van der Waals surface area contributed by atoms with E-state index in [-0.39, 0.29) is 6.04 Å². The smallest absolute Gasteiger partial charge is 0.125 e. The van der Waals surface area contributed by atoms with Gasteiger partial charge in [0.05, 0.1) is 12.7 Å². The van der Waals surface area contributed by atoms with E-state index < -0.39 is 0 Å². The topological polar surface area (TPSA) is 45.0 Å². The standard InChI is InChI=1S/C17H18N2O/c1-2-20-17-11-7-6-10-15(17)16(12-18)19-13-14-8-4-3-5-9-14/h3-11,16,19H,2,13H2,1H3. The van der Waals surface area contributed by atoms with Gasteiger partial charge < -0.3 is 4.74 Å². The normalized spacial score (nSPS) is 11.6. The monoisotopic (exact) mass is 266 g/mol. The maximum Gasteiger partial charge on any atom is 0.125 e. The van der Waals surface area contributed by atoms with Crippen molar-refractivity contribution < 1.29 is 4.74 Å². The number of nitriles is 1. The van der Waals surface area contributed by atoms with Crippen molar-refractivity contribution >= 4 is 0 Å². The second kappa shape index (κ2) is 7.32. The predicted octanol–water partition coefficient (Wildman–Crippen LogP) is 3.44. The van der Waals surface area contributed by atoms with Crippen LogP contribution in [0.25, 0.3) is 0 Å². The van der Waals surface area contributed by atoms with Crippen LogP contribution >= 0.6 is 0 Å². The van der Waals surface area contributed by atoms with Crippen LogP contribution in [-0.4, -0.2) is 6.61 Å². The van der Waals surface area contributed by atoms with E-state index in [1.54, 1.807) is 0 Å². The number of rotatable bonds is 6. The first-order valence-electron chi connectivity index (χ1n) is 6.73. The maximum atomic E-state index is 9.38. The van der Waals surface area contributed by atoms with Crippen molar-refractivity contribution in [2.45, 2.75) is 19.5 Å². The van der Waals surface area contributed by atoms with Crippen molar-refractivity contribution in [2.75, 3.05) is 6.61 Å². The number of ether oxygens (including phenoxy) is 1. The summed E-state index contributed by atoms with van der Waals surface area (Å²) in [6.45, 7) is 3.18. The summed E-state index contributed by atoms with van der Waals surface area (Å²) in [6, 6.07) is 19.6. The number of nitrogens with one attached hydrogen (secondary N) is 1. The maximum absolute atomic E-state index is 9.38. The number of nitrogens with zero attached hydrogens (tertiary/aromatic N) is 1. The van der Waals surface area contributed by atoms with Gasteiger partial charge >= 0.3 is 0 Å². The first-order valence-corrected chi connectivity index (χ1v) is 6.73. The molecule has 1 N–H and O–H groups in total. The van der Waals surface area contributed by atoms with Crippen molar-refractivity contribution in [3.8, 4) is 11.8 Å². The Morgan fingerprint density at radius 3 is 2.50 bits per heavy atom. The number of hydrogen-bond donors (Lipinski definition) is 1. The summed E-state index contributed by atoms with van der Waals surface area (Å²) < 4.78 is 5.58. The fourth-order valence-corrected chi connectivity index (χ4v) is 2.05. The van der Waals surface area contributed by atoms with E-state index in [2.05, 4.69) is 11.4 Å². The number of para-hydroxylation sites is 1. The van der Waals surface area contributed by atoms with E-state index in [0.717, 1.165) is 16.9 Å². The molecule has 3 nitrogen and oxygen atoms in total. The molecular weight excluding hydrogens is 248 g/mol. The van der Waals surface area contributed by atoms with Crippen LogP contribution in [0.5, 0.6) is 5.75 Å². The van der Waals surface area contributed by atoms with E-state index in [9.17, 15) is 5.26 Å². The van der Waals surface area contributed by atoms with Crippen LogP contribution in [0.15, 0.2) is 54.6 Å². The van der Waals surface area contributed by atoms with E-state index in [4.69, 9.17) is 4.74 Å². The van der Waals surface area contributed by atoms with Crippen molar-refractivity contribution in [2.24, 2.45) is 0 Å². The third kappa shape index (κ3) is 3.59. The molecule has 0 saturated heterocycles. The fraction of sp³-hybridized carbons (Fsp3) is 0.235. The lowest BCUT2D eigenvalue weighted by Crippen LogP contribution is -2.20. The van der Waals surface area contributed by atoms with Crippen molar-refractivity contribution in [1.82, 2.24) is 5.32 Å². The molecule has 0 aliphatic heterocycles. The lowest BCUT2D eigenvalue weighted by Gasteiger charge is -2.16. The van der Waals surface area contributed by atoms with Gasteiger partial charge in [0.15, 0.2) is 0 Å². The minimum absolute atomic E-state index is 0.377. The van der Waals surface area contributed by atoms with E-state index >= 15 is 0 Å².